The lowest BCUT2D eigenvalue weighted by Gasteiger charge is -2.37. The highest BCUT2D eigenvalue weighted by Gasteiger charge is 2.38. The van der Waals surface area contributed by atoms with Crippen LogP contribution in [0.2, 0.25) is 0 Å². The Kier molecular flexibility index (Phi) is 8.01. The van der Waals surface area contributed by atoms with Crippen LogP contribution >= 0.6 is 0 Å². The van der Waals surface area contributed by atoms with Gasteiger partial charge in [0.25, 0.3) is 0 Å². The molecule has 0 bridgehead atoms. The Morgan fingerprint density at radius 2 is 0.553 bits per heavy atom. The lowest BCUT2D eigenvalue weighted by molar-refractivity contribution is 0.589. The summed E-state index contributed by atoms with van der Waals surface area (Å²) in [6.07, 6.45) is 0. The van der Waals surface area contributed by atoms with Gasteiger partial charge in [0.15, 0.2) is 0 Å². The van der Waals surface area contributed by atoms with Gasteiger partial charge in [0.1, 0.15) is 23.3 Å². The van der Waals surface area contributed by atoms with E-state index in [2.05, 4.69) is 36.4 Å². The molecule has 0 fully saturated rings. The molecular formula is C43H28F4. The molecule has 0 N–H and O–H groups in total. The summed E-state index contributed by atoms with van der Waals surface area (Å²) in [7, 11) is 0. The van der Waals surface area contributed by atoms with Gasteiger partial charge >= 0.3 is 0 Å². The van der Waals surface area contributed by atoms with Crippen LogP contribution in [0.25, 0.3) is 33.4 Å². The van der Waals surface area contributed by atoms with Crippen molar-refractivity contribution in [2.75, 3.05) is 0 Å². The van der Waals surface area contributed by atoms with Crippen LogP contribution in [0.15, 0.2) is 170 Å². The van der Waals surface area contributed by atoms with Crippen molar-refractivity contribution >= 4 is 0 Å². The predicted octanol–water partition coefficient (Wildman–Crippen LogP) is 11.6. The SMILES string of the molecule is Fc1cccc(F)c1-c1ccc(C(c2ccccc2)(c2ccc(-c3ccccc3)cc2)c2ccc(-c3c(F)cccc3F)cc2)cc1. The van der Waals surface area contributed by atoms with Crippen LogP contribution in [-0.4, -0.2) is 0 Å². The molecule has 0 spiro atoms. The van der Waals surface area contributed by atoms with E-state index in [1.54, 1.807) is 24.3 Å². The lowest BCUT2D eigenvalue weighted by atomic mass is 9.64. The third-order valence-corrected chi connectivity index (χ3v) is 8.77. The average Bonchev–Trinajstić information content (AvgIpc) is 3.11. The molecule has 0 atom stereocenters. The Morgan fingerprint density at radius 1 is 0.255 bits per heavy atom. The second-order valence-electron chi connectivity index (χ2n) is 11.4. The topological polar surface area (TPSA) is 0 Å². The Bertz CT molecular complexity index is 2000. The molecule has 0 aliphatic carbocycles. The first-order chi connectivity index (χ1) is 23.0. The van der Waals surface area contributed by atoms with Crippen LogP contribution < -0.4 is 0 Å². The maximum absolute atomic E-state index is 14.8. The summed E-state index contributed by atoms with van der Waals surface area (Å²) in [5.41, 5.74) is 5.45. The van der Waals surface area contributed by atoms with Gasteiger partial charge in [0.05, 0.1) is 16.5 Å². The maximum atomic E-state index is 14.8. The van der Waals surface area contributed by atoms with E-state index < -0.39 is 28.7 Å². The fourth-order valence-corrected chi connectivity index (χ4v) is 6.55. The largest absolute Gasteiger partial charge is 0.206 e. The van der Waals surface area contributed by atoms with Crippen molar-refractivity contribution in [3.8, 4) is 33.4 Å². The Balaban J connectivity index is 1.46. The molecule has 0 saturated carbocycles. The second-order valence-corrected chi connectivity index (χ2v) is 11.4. The molecule has 0 radical (unpaired) electrons. The molecule has 7 aromatic carbocycles. The van der Waals surface area contributed by atoms with Crippen molar-refractivity contribution in [2.24, 2.45) is 0 Å². The van der Waals surface area contributed by atoms with Gasteiger partial charge in [0, 0.05) is 0 Å². The summed E-state index contributed by atoms with van der Waals surface area (Å²) in [5.74, 6) is -2.56. The minimum Gasteiger partial charge on any atom is -0.206 e. The minimum absolute atomic E-state index is 0.0900. The van der Waals surface area contributed by atoms with Crippen molar-refractivity contribution in [1.29, 1.82) is 0 Å². The Labute approximate surface area is 271 Å². The number of benzene rings is 7. The van der Waals surface area contributed by atoms with Gasteiger partial charge in [-0.05, 0) is 68.8 Å². The van der Waals surface area contributed by atoms with E-state index in [0.29, 0.717) is 11.1 Å². The van der Waals surface area contributed by atoms with Crippen LogP contribution in [0, 0.1) is 23.3 Å². The Hall–Kier alpha value is -5.74. The van der Waals surface area contributed by atoms with Gasteiger partial charge in [-0.1, -0.05) is 146 Å². The summed E-state index contributed by atoms with van der Waals surface area (Å²) >= 11 is 0. The molecule has 0 amide bonds. The third kappa shape index (κ3) is 5.42. The molecule has 0 heterocycles. The van der Waals surface area contributed by atoms with E-state index in [-0.39, 0.29) is 11.1 Å². The van der Waals surface area contributed by atoms with Gasteiger partial charge < -0.3 is 0 Å². The quantitative estimate of drug-likeness (QED) is 0.123. The van der Waals surface area contributed by atoms with Crippen LogP contribution in [0.4, 0.5) is 17.6 Å². The molecule has 0 saturated heterocycles. The number of hydrogen-bond acceptors (Lipinski definition) is 0. The monoisotopic (exact) mass is 620 g/mol. The summed E-state index contributed by atoms with van der Waals surface area (Å²) in [4.78, 5) is 0. The van der Waals surface area contributed by atoms with E-state index in [1.165, 1.54) is 36.4 Å². The maximum Gasteiger partial charge on any atom is 0.133 e. The van der Waals surface area contributed by atoms with Gasteiger partial charge in [-0.15, -0.1) is 0 Å². The molecule has 0 unspecified atom stereocenters. The molecule has 0 aromatic heterocycles. The number of halogens is 4. The van der Waals surface area contributed by atoms with Gasteiger partial charge in [-0.2, -0.15) is 0 Å². The zero-order chi connectivity index (χ0) is 32.4. The zero-order valence-electron chi connectivity index (χ0n) is 25.2. The summed E-state index contributed by atoms with van der Waals surface area (Å²) in [6, 6.07) is 50.5. The first kappa shape index (κ1) is 29.9. The highest BCUT2D eigenvalue weighted by molar-refractivity contribution is 5.71. The van der Waals surface area contributed by atoms with E-state index in [0.717, 1.165) is 33.4 Å². The van der Waals surface area contributed by atoms with Crippen LogP contribution in [0.5, 0.6) is 0 Å². The fourth-order valence-electron chi connectivity index (χ4n) is 6.55. The molecule has 0 nitrogen and oxygen atoms in total. The first-order valence-electron chi connectivity index (χ1n) is 15.3. The molecular weight excluding hydrogens is 592 g/mol. The molecule has 0 aliphatic heterocycles. The van der Waals surface area contributed by atoms with Crippen LogP contribution in [0.3, 0.4) is 0 Å². The van der Waals surface area contributed by atoms with Gasteiger partial charge in [0.2, 0.25) is 0 Å². The van der Waals surface area contributed by atoms with Crippen LogP contribution in [-0.2, 0) is 5.41 Å². The lowest BCUT2D eigenvalue weighted by Crippen LogP contribution is -2.31. The van der Waals surface area contributed by atoms with Crippen molar-refractivity contribution in [1.82, 2.24) is 0 Å². The molecule has 4 heteroatoms. The average molecular weight is 621 g/mol. The van der Waals surface area contributed by atoms with E-state index in [4.69, 9.17) is 0 Å². The Morgan fingerprint density at radius 3 is 0.936 bits per heavy atom. The normalized spacial score (nSPS) is 11.4. The highest BCUT2D eigenvalue weighted by Crippen LogP contribution is 2.46. The van der Waals surface area contributed by atoms with Crippen molar-refractivity contribution in [3.63, 3.8) is 0 Å². The van der Waals surface area contributed by atoms with E-state index in [1.807, 2.05) is 72.8 Å². The molecule has 228 valence electrons. The minimum atomic E-state index is -0.908. The molecule has 47 heavy (non-hydrogen) atoms. The molecule has 7 rings (SSSR count). The number of hydrogen-bond donors (Lipinski definition) is 0. The van der Waals surface area contributed by atoms with Crippen molar-refractivity contribution in [2.45, 2.75) is 5.41 Å². The highest BCUT2D eigenvalue weighted by atomic mass is 19.1. The summed E-state index contributed by atoms with van der Waals surface area (Å²) < 4.78 is 59.1. The fraction of sp³-hybridized carbons (Fsp3) is 0.0233. The van der Waals surface area contributed by atoms with Crippen molar-refractivity contribution in [3.05, 3.63) is 215 Å². The smallest absolute Gasteiger partial charge is 0.133 e. The van der Waals surface area contributed by atoms with E-state index in [9.17, 15) is 17.6 Å². The molecule has 0 aliphatic rings. The van der Waals surface area contributed by atoms with Crippen molar-refractivity contribution < 1.29 is 17.6 Å². The summed E-state index contributed by atoms with van der Waals surface area (Å²) in [5, 5.41) is 0. The zero-order valence-corrected chi connectivity index (χ0v) is 25.2. The second kappa shape index (κ2) is 12.6. The predicted molar refractivity (Wildman–Crippen MR) is 181 cm³/mol. The third-order valence-electron chi connectivity index (χ3n) is 8.77. The number of rotatable bonds is 7. The first-order valence-corrected chi connectivity index (χ1v) is 15.3. The molecule has 7 aromatic rings. The van der Waals surface area contributed by atoms with Crippen LogP contribution in [0.1, 0.15) is 22.3 Å². The standard InChI is InChI=1S/C43H28F4/c44-37-13-7-14-38(45)41(37)31-19-25-35(26-20-31)43(33-11-5-2-6-12-33,34-23-17-30(18-24-34)29-9-3-1-4-10-29)36-27-21-32(22-28-36)42-39(46)15-8-16-40(42)47/h1-28H. The van der Waals surface area contributed by atoms with Gasteiger partial charge in [-0.3, -0.25) is 0 Å². The van der Waals surface area contributed by atoms with E-state index >= 15 is 0 Å². The summed E-state index contributed by atoms with van der Waals surface area (Å²) in [6.45, 7) is 0. The van der Waals surface area contributed by atoms with Gasteiger partial charge in [-0.25, -0.2) is 17.6 Å².